The quantitative estimate of drug-likeness (QED) is 0.509. The molecule has 7 nitrogen and oxygen atoms in total. The van der Waals surface area contributed by atoms with Crippen molar-refractivity contribution in [2.24, 2.45) is 0 Å². The van der Waals surface area contributed by atoms with Crippen molar-refractivity contribution in [1.82, 2.24) is 10.0 Å². The van der Waals surface area contributed by atoms with Crippen LogP contribution in [0.4, 0.5) is 0 Å². The third-order valence-electron chi connectivity index (χ3n) is 3.97. The van der Waals surface area contributed by atoms with Crippen molar-refractivity contribution in [3.05, 3.63) is 60.3 Å². The number of ether oxygens (including phenoxy) is 1. The number of carbonyl (C=O) groups excluding carboxylic acids is 1. The van der Waals surface area contributed by atoms with E-state index in [-0.39, 0.29) is 4.90 Å². The fourth-order valence-corrected chi connectivity index (χ4v) is 3.30. The second-order valence-corrected chi connectivity index (χ2v) is 7.83. The Morgan fingerprint density at radius 3 is 2.73 bits per heavy atom. The number of fused-ring (bicyclic) bond motifs is 1. The number of carbonyl (C=O) groups is 1. The maximum atomic E-state index is 11.6. The molecule has 136 valence electrons. The van der Waals surface area contributed by atoms with Crippen LogP contribution in [-0.4, -0.2) is 37.0 Å². The van der Waals surface area contributed by atoms with Gasteiger partial charge in [0.05, 0.1) is 11.4 Å². The summed E-state index contributed by atoms with van der Waals surface area (Å²) in [6, 6.07) is 13.4. The predicted molar refractivity (Wildman–Crippen MR) is 96.2 cm³/mol. The fraction of sp³-hybridized carbons (Fsp3) is 0.167. The second kappa shape index (κ2) is 7.19. The van der Waals surface area contributed by atoms with Crippen molar-refractivity contribution in [2.75, 3.05) is 12.9 Å². The SMILES string of the molecule is CS(=O)(=O)c1cccc(OCCn2ccc3ccc(C(=O)NO)cc32)c1. The number of hydroxylamine groups is 1. The van der Waals surface area contributed by atoms with Gasteiger partial charge in [-0.15, -0.1) is 0 Å². The van der Waals surface area contributed by atoms with Crippen LogP contribution in [0.3, 0.4) is 0 Å². The predicted octanol–water partition coefficient (Wildman–Crippen LogP) is 2.24. The Hall–Kier alpha value is -2.84. The third-order valence-corrected chi connectivity index (χ3v) is 5.08. The Bertz CT molecular complexity index is 1060. The molecule has 0 bridgehead atoms. The Morgan fingerprint density at radius 1 is 1.19 bits per heavy atom. The molecule has 2 aromatic carbocycles. The lowest BCUT2D eigenvalue weighted by Gasteiger charge is -2.10. The van der Waals surface area contributed by atoms with E-state index in [4.69, 9.17) is 9.94 Å². The summed E-state index contributed by atoms with van der Waals surface area (Å²) in [5.41, 5.74) is 2.80. The van der Waals surface area contributed by atoms with Crippen molar-refractivity contribution >= 4 is 26.6 Å². The number of nitrogens with zero attached hydrogens (tertiary/aromatic N) is 1. The van der Waals surface area contributed by atoms with Gasteiger partial charge in [0, 0.05) is 23.5 Å². The molecule has 0 saturated carbocycles. The summed E-state index contributed by atoms with van der Waals surface area (Å²) in [4.78, 5) is 11.8. The summed E-state index contributed by atoms with van der Waals surface area (Å²) in [5.74, 6) is -0.0989. The number of hydrogen-bond donors (Lipinski definition) is 2. The van der Waals surface area contributed by atoms with Gasteiger partial charge in [-0.05, 0) is 41.8 Å². The van der Waals surface area contributed by atoms with E-state index < -0.39 is 15.7 Å². The zero-order chi connectivity index (χ0) is 18.7. The Balaban J connectivity index is 1.73. The summed E-state index contributed by atoms with van der Waals surface area (Å²) in [6.07, 6.45) is 3.03. The topological polar surface area (TPSA) is 97.6 Å². The Morgan fingerprint density at radius 2 is 2.00 bits per heavy atom. The van der Waals surface area contributed by atoms with Gasteiger partial charge in [0.25, 0.3) is 5.91 Å². The minimum atomic E-state index is -3.28. The van der Waals surface area contributed by atoms with Crippen LogP contribution < -0.4 is 10.2 Å². The zero-order valence-electron chi connectivity index (χ0n) is 14.0. The molecule has 0 aliphatic heterocycles. The van der Waals surface area contributed by atoms with E-state index in [0.717, 1.165) is 17.2 Å². The van der Waals surface area contributed by atoms with Crippen molar-refractivity contribution in [3.8, 4) is 5.75 Å². The first-order valence-electron chi connectivity index (χ1n) is 7.85. The number of aromatic nitrogens is 1. The molecule has 0 unspecified atom stereocenters. The second-order valence-electron chi connectivity index (χ2n) is 5.82. The van der Waals surface area contributed by atoms with Gasteiger partial charge in [0.15, 0.2) is 9.84 Å². The molecule has 26 heavy (non-hydrogen) atoms. The smallest absolute Gasteiger partial charge is 0.274 e. The van der Waals surface area contributed by atoms with Crippen LogP contribution in [0.2, 0.25) is 0 Å². The zero-order valence-corrected chi connectivity index (χ0v) is 14.9. The highest BCUT2D eigenvalue weighted by atomic mass is 32.2. The fourth-order valence-electron chi connectivity index (χ4n) is 2.64. The minimum Gasteiger partial charge on any atom is -0.492 e. The van der Waals surface area contributed by atoms with E-state index in [1.165, 1.54) is 12.1 Å². The molecule has 0 atom stereocenters. The van der Waals surface area contributed by atoms with E-state index in [2.05, 4.69) is 0 Å². The maximum Gasteiger partial charge on any atom is 0.274 e. The van der Waals surface area contributed by atoms with Crippen LogP contribution in [0.15, 0.2) is 59.6 Å². The maximum absolute atomic E-state index is 11.6. The molecule has 2 N–H and O–H groups in total. The normalized spacial score (nSPS) is 11.5. The highest BCUT2D eigenvalue weighted by Crippen LogP contribution is 2.19. The highest BCUT2D eigenvalue weighted by molar-refractivity contribution is 7.90. The number of rotatable bonds is 6. The lowest BCUT2D eigenvalue weighted by molar-refractivity contribution is 0.0706. The molecular formula is C18H18N2O5S. The van der Waals surface area contributed by atoms with Gasteiger partial charge >= 0.3 is 0 Å². The number of amides is 1. The van der Waals surface area contributed by atoms with Crippen molar-refractivity contribution < 1.29 is 23.2 Å². The summed E-state index contributed by atoms with van der Waals surface area (Å²) < 4.78 is 30.8. The van der Waals surface area contributed by atoms with E-state index in [9.17, 15) is 13.2 Å². The van der Waals surface area contributed by atoms with Crippen molar-refractivity contribution in [1.29, 1.82) is 0 Å². The molecule has 3 aromatic rings. The van der Waals surface area contributed by atoms with Gasteiger partial charge in [-0.3, -0.25) is 10.0 Å². The largest absolute Gasteiger partial charge is 0.492 e. The molecule has 3 rings (SSSR count). The van der Waals surface area contributed by atoms with Crippen LogP contribution in [-0.2, 0) is 16.4 Å². The monoisotopic (exact) mass is 374 g/mol. The van der Waals surface area contributed by atoms with Crippen LogP contribution >= 0.6 is 0 Å². The summed E-state index contributed by atoms with van der Waals surface area (Å²) in [7, 11) is -3.28. The number of benzene rings is 2. The number of nitrogens with one attached hydrogen (secondary N) is 1. The molecule has 0 aliphatic rings. The summed E-state index contributed by atoms with van der Waals surface area (Å²) >= 11 is 0. The third kappa shape index (κ3) is 3.87. The lowest BCUT2D eigenvalue weighted by Crippen LogP contribution is -2.18. The van der Waals surface area contributed by atoms with Crippen molar-refractivity contribution in [3.63, 3.8) is 0 Å². The van der Waals surface area contributed by atoms with Crippen LogP contribution in [0.1, 0.15) is 10.4 Å². The van der Waals surface area contributed by atoms with Crippen LogP contribution in [0.5, 0.6) is 5.75 Å². The summed E-state index contributed by atoms with van der Waals surface area (Å²) in [5, 5.41) is 9.72. The van der Waals surface area contributed by atoms with Gasteiger partial charge in [0.1, 0.15) is 12.4 Å². The average Bonchev–Trinajstić information content (AvgIpc) is 3.03. The van der Waals surface area contributed by atoms with Gasteiger partial charge in [-0.1, -0.05) is 12.1 Å². The number of sulfone groups is 1. The first-order chi connectivity index (χ1) is 12.4. The van der Waals surface area contributed by atoms with Gasteiger partial charge < -0.3 is 9.30 Å². The molecule has 8 heteroatoms. The molecule has 0 fully saturated rings. The van der Waals surface area contributed by atoms with Gasteiger partial charge in [-0.25, -0.2) is 13.9 Å². The molecule has 1 aromatic heterocycles. The number of hydrogen-bond acceptors (Lipinski definition) is 5. The first-order valence-corrected chi connectivity index (χ1v) is 9.74. The van der Waals surface area contributed by atoms with E-state index >= 15 is 0 Å². The molecule has 0 aliphatic carbocycles. The van der Waals surface area contributed by atoms with E-state index in [0.29, 0.717) is 24.5 Å². The Kier molecular flexibility index (Phi) is 4.97. The molecule has 1 amide bonds. The molecule has 0 radical (unpaired) electrons. The average molecular weight is 374 g/mol. The van der Waals surface area contributed by atoms with Gasteiger partial charge in [0.2, 0.25) is 0 Å². The molecular weight excluding hydrogens is 356 g/mol. The summed E-state index contributed by atoms with van der Waals surface area (Å²) in [6.45, 7) is 0.838. The molecule has 1 heterocycles. The van der Waals surface area contributed by atoms with Crippen LogP contribution in [0, 0.1) is 0 Å². The molecule has 0 spiro atoms. The Labute approximate surface area is 150 Å². The van der Waals surface area contributed by atoms with Crippen molar-refractivity contribution in [2.45, 2.75) is 11.4 Å². The highest BCUT2D eigenvalue weighted by Gasteiger charge is 2.09. The standard InChI is InChI=1S/C18H18N2O5S/c1-26(23,24)16-4-2-3-15(12-16)25-10-9-20-8-7-13-5-6-14(11-17(13)20)18(21)19-22/h2-8,11-12,22H,9-10H2,1H3,(H,19,21). The van der Waals surface area contributed by atoms with E-state index in [1.807, 2.05) is 16.8 Å². The van der Waals surface area contributed by atoms with Crippen LogP contribution in [0.25, 0.3) is 10.9 Å². The lowest BCUT2D eigenvalue weighted by atomic mass is 10.1. The van der Waals surface area contributed by atoms with Gasteiger partial charge in [-0.2, -0.15) is 0 Å². The first kappa shape index (κ1) is 18.0. The minimum absolute atomic E-state index is 0.209. The molecule has 0 saturated heterocycles. The van der Waals surface area contributed by atoms with E-state index in [1.54, 1.807) is 35.8 Å².